The Labute approximate surface area is 193 Å². The van der Waals surface area contributed by atoms with Gasteiger partial charge >= 0.3 is 0 Å². The molecule has 1 saturated heterocycles. The molecule has 1 aliphatic heterocycles. The van der Waals surface area contributed by atoms with Crippen molar-refractivity contribution in [3.05, 3.63) is 59.8 Å². The molecular weight excluding hydrogens is 426 g/mol. The first kappa shape index (κ1) is 23.1. The van der Waals surface area contributed by atoms with E-state index in [1.54, 1.807) is 35.2 Å². The van der Waals surface area contributed by atoms with E-state index in [2.05, 4.69) is 24.1 Å². The summed E-state index contributed by atoms with van der Waals surface area (Å²) in [4.78, 5) is 33.1. The van der Waals surface area contributed by atoms with E-state index in [0.717, 1.165) is 5.56 Å². The number of aromatic nitrogens is 1. The summed E-state index contributed by atoms with van der Waals surface area (Å²) in [6, 6.07) is 13.4. The number of rotatable bonds is 6. The number of anilines is 1. The molecule has 0 radical (unpaired) electrons. The zero-order valence-electron chi connectivity index (χ0n) is 19.2. The molecule has 0 spiro atoms. The van der Waals surface area contributed by atoms with Crippen molar-refractivity contribution in [3.63, 3.8) is 0 Å². The Balaban J connectivity index is 1.34. The fourth-order valence-corrected chi connectivity index (χ4v) is 4.57. The van der Waals surface area contributed by atoms with Crippen molar-refractivity contribution in [2.75, 3.05) is 25.5 Å². The van der Waals surface area contributed by atoms with E-state index in [0.29, 0.717) is 30.9 Å². The number of nitrogens with zero attached hydrogens (tertiary/aromatic N) is 3. The minimum atomic E-state index is -2.72. The van der Waals surface area contributed by atoms with E-state index in [1.165, 1.54) is 0 Å². The minimum absolute atomic E-state index is 0.144. The molecule has 1 N–H and O–H groups in total. The monoisotopic (exact) mass is 456 g/mol. The summed E-state index contributed by atoms with van der Waals surface area (Å²) in [5.74, 6) is -3.06. The van der Waals surface area contributed by atoms with E-state index in [-0.39, 0.29) is 36.2 Å². The Morgan fingerprint density at radius 2 is 1.85 bits per heavy atom. The standard InChI is InChI=1S/C25H30F2N4O2/c1-24(2,19-7-5-4-6-8-19)29-21-10-9-17(15-28-21)23(33)31-12-11-20(16-31)30(3)22(32)18-13-25(26,27)14-18/h4-10,15,18,20H,11-14,16H2,1-3H3,(H,28,29)/t20-/m0/s1. The molecule has 1 aromatic heterocycles. The predicted molar refractivity (Wildman–Crippen MR) is 122 cm³/mol. The minimum Gasteiger partial charge on any atom is -0.361 e. The van der Waals surface area contributed by atoms with Crippen molar-refractivity contribution in [1.29, 1.82) is 0 Å². The summed E-state index contributed by atoms with van der Waals surface area (Å²) in [5, 5.41) is 3.40. The number of carbonyl (C=O) groups is 2. The number of halogens is 2. The number of carbonyl (C=O) groups excluding carboxylic acids is 2. The fourth-order valence-electron chi connectivity index (χ4n) is 4.57. The lowest BCUT2D eigenvalue weighted by molar-refractivity contribution is -0.160. The van der Waals surface area contributed by atoms with Crippen molar-refractivity contribution < 1.29 is 18.4 Å². The number of hydrogen-bond acceptors (Lipinski definition) is 4. The van der Waals surface area contributed by atoms with Gasteiger partial charge in [0.1, 0.15) is 5.82 Å². The van der Waals surface area contributed by atoms with Gasteiger partial charge < -0.3 is 15.1 Å². The maximum absolute atomic E-state index is 13.1. The first-order valence-electron chi connectivity index (χ1n) is 11.3. The molecule has 33 heavy (non-hydrogen) atoms. The van der Waals surface area contributed by atoms with Crippen LogP contribution in [0.25, 0.3) is 0 Å². The average Bonchev–Trinajstić information content (AvgIpc) is 3.27. The highest BCUT2D eigenvalue weighted by Gasteiger charge is 2.50. The maximum Gasteiger partial charge on any atom is 0.255 e. The van der Waals surface area contributed by atoms with Gasteiger partial charge in [-0.3, -0.25) is 9.59 Å². The number of alkyl halides is 2. The number of pyridine rings is 1. The van der Waals surface area contributed by atoms with E-state index in [1.807, 2.05) is 30.3 Å². The van der Waals surface area contributed by atoms with Crippen LogP contribution in [0, 0.1) is 5.92 Å². The van der Waals surface area contributed by atoms with Crippen molar-refractivity contribution in [3.8, 4) is 0 Å². The second-order valence-electron chi connectivity index (χ2n) is 9.65. The van der Waals surface area contributed by atoms with Gasteiger partial charge in [-0.1, -0.05) is 30.3 Å². The lowest BCUT2D eigenvalue weighted by atomic mass is 9.80. The van der Waals surface area contributed by atoms with E-state index in [4.69, 9.17) is 0 Å². The van der Waals surface area contributed by atoms with Gasteiger partial charge in [0.05, 0.1) is 17.1 Å². The van der Waals surface area contributed by atoms with Crippen LogP contribution in [0.5, 0.6) is 0 Å². The van der Waals surface area contributed by atoms with Crippen LogP contribution < -0.4 is 5.32 Å². The molecule has 0 bridgehead atoms. The van der Waals surface area contributed by atoms with Crippen molar-refractivity contribution in [1.82, 2.24) is 14.8 Å². The summed E-state index contributed by atoms with van der Waals surface area (Å²) < 4.78 is 26.2. The molecule has 2 heterocycles. The highest BCUT2D eigenvalue weighted by molar-refractivity contribution is 5.94. The fraction of sp³-hybridized carbons (Fsp3) is 0.480. The number of benzene rings is 1. The number of likely N-dealkylation sites (N-methyl/N-ethyl adjacent to an activating group) is 1. The average molecular weight is 457 g/mol. The third-order valence-corrected chi connectivity index (χ3v) is 6.73. The molecule has 1 atom stereocenters. The van der Waals surface area contributed by atoms with Crippen LogP contribution in [-0.2, 0) is 10.3 Å². The molecule has 1 aromatic carbocycles. The van der Waals surface area contributed by atoms with E-state index in [9.17, 15) is 18.4 Å². The molecule has 1 aliphatic carbocycles. The zero-order chi connectivity index (χ0) is 23.8. The Kier molecular flexibility index (Phi) is 6.12. The SMILES string of the molecule is CN(C(=O)C1CC(F)(F)C1)[C@H]1CCN(C(=O)c2ccc(NC(C)(C)c3ccccc3)nc2)C1. The van der Waals surface area contributed by atoms with Gasteiger partial charge in [0.2, 0.25) is 11.8 Å². The molecule has 176 valence electrons. The predicted octanol–water partition coefficient (Wildman–Crippen LogP) is 4.15. The Morgan fingerprint density at radius 3 is 2.45 bits per heavy atom. The van der Waals surface area contributed by atoms with Crippen LogP contribution in [0.4, 0.5) is 14.6 Å². The van der Waals surface area contributed by atoms with Crippen LogP contribution in [0.1, 0.15) is 49.0 Å². The van der Waals surface area contributed by atoms with Crippen LogP contribution in [0.15, 0.2) is 48.7 Å². The molecule has 4 rings (SSSR count). The molecule has 1 saturated carbocycles. The Hall–Kier alpha value is -3.03. The molecule has 2 aliphatic rings. The molecule has 0 unspecified atom stereocenters. The third kappa shape index (κ3) is 4.99. The number of likely N-dealkylation sites (tertiary alicyclic amines) is 1. The van der Waals surface area contributed by atoms with Gasteiger partial charge in [0.25, 0.3) is 5.91 Å². The largest absolute Gasteiger partial charge is 0.361 e. The van der Waals surface area contributed by atoms with Crippen LogP contribution >= 0.6 is 0 Å². The molecule has 2 amide bonds. The Bertz CT molecular complexity index is 1000. The summed E-state index contributed by atoms with van der Waals surface area (Å²) in [6.45, 7) is 5.04. The zero-order valence-corrected chi connectivity index (χ0v) is 19.2. The van der Waals surface area contributed by atoms with Gasteiger partial charge in [-0.25, -0.2) is 13.8 Å². The highest BCUT2D eigenvalue weighted by Crippen LogP contribution is 2.43. The first-order valence-corrected chi connectivity index (χ1v) is 11.3. The number of nitrogens with one attached hydrogen (secondary N) is 1. The second kappa shape index (κ2) is 8.72. The normalized spacial score (nSPS) is 20.3. The smallest absolute Gasteiger partial charge is 0.255 e. The van der Waals surface area contributed by atoms with Gasteiger partial charge in [-0.15, -0.1) is 0 Å². The molecule has 6 nitrogen and oxygen atoms in total. The second-order valence-corrected chi connectivity index (χ2v) is 9.65. The summed E-state index contributed by atoms with van der Waals surface area (Å²) in [7, 11) is 1.65. The third-order valence-electron chi connectivity index (χ3n) is 6.73. The van der Waals surface area contributed by atoms with E-state index >= 15 is 0 Å². The number of hydrogen-bond donors (Lipinski definition) is 1. The highest BCUT2D eigenvalue weighted by atomic mass is 19.3. The summed E-state index contributed by atoms with van der Waals surface area (Å²) in [6.07, 6.45) is 1.44. The van der Waals surface area contributed by atoms with Crippen LogP contribution in [-0.4, -0.2) is 58.7 Å². The number of amides is 2. The van der Waals surface area contributed by atoms with Crippen molar-refractivity contribution >= 4 is 17.6 Å². The maximum atomic E-state index is 13.1. The molecule has 2 aromatic rings. The molecular formula is C25H30F2N4O2. The van der Waals surface area contributed by atoms with Crippen molar-refractivity contribution in [2.24, 2.45) is 5.92 Å². The van der Waals surface area contributed by atoms with Gasteiger partial charge in [-0.05, 0) is 38.0 Å². The van der Waals surface area contributed by atoms with E-state index < -0.39 is 11.8 Å². The Morgan fingerprint density at radius 1 is 1.15 bits per heavy atom. The van der Waals surface area contributed by atoms with Crippen LogP contribution in [0.3, 0.4) is 0 Å². The van der Waals surface area contributed by atoms with Gasteiger partial charge in [0.15, 0.2) is 0 Å². The first-order chi connectivity index (χ1) is 15.6. The summed E-state index contributed by atoms with van der Waals surface area (Å²) >= 11 is 0. The summed E-state index contributed by atoms with van der Waals surface area (Å²) in [5.41, 5.74) is 1.27. The topological polar surface area (TPSA) is 65.5 Å². The molecule has 2 fully saturated rings. The lowest BCUT2D eigenvalue weighted by Gasteiger charge is -2.37. The quantitative estimate of drug-likeness (QED) is 0.709. The van der Waals surface area contributed by atoms with Crippen LogP contribution in [0.2, 0.25) is 0 Å². The lowest BCUT2D eigenvalue weighted by Crippen LogP contribution is -2.49. The van der Waals surface area contributed by atoms with Gasteiger partial charge in [-0.2, -0.15) is 0 Å². The van der Waals surface area contributed by atoms with Gasteiger partial charge in [0, 0.05) is 45.1 Å². The van der Waals surface area contributed by atoms with Crippen molar-refractivity contribution in [2.45, 2.75) is 50.6 Å². The molecule has 8 heteroatoms.